The molecule has 0 aliphatic heterocycles. The van der Waals surface area contributed by atoms with E-state index in [2.05, 4.69) is 36.2 Å². The van der Waals surface area contributed by atoms with E-state index in [0.717, 1.165) is 23.4 Å². The maximum atomic E-state index is 5.20. The molecule has 0 unspecified atom stereocenters. The summed E-state index contributed by atoms with van der Waals surface area (Å²) in [5.41, 5.74) is 3.50. The summed E-state index contributed by atoms with van der Waals surface area (Å²) >= 11 is 0. The quantitative estimate of drug-likeness (QED) is 0.443. The van der Waals surface area contributed by atoms with E-state index in [4.69, 9.17) is 4.74 Å². The summed E-state index contributed by atoms with van der Waals surface area (Å²) in [6, 6.07) is 12.4. The van der Waals surface area contributed by atoms with Crippen LogP contribution in [0.25, 0.3) is 11.3 Å². The molecule has 24 heavy (non-hydrogen) atoms. The van der Waals surface area contributed by atoms with E-state index in [1.807, 2.05) is 18.3 Å². The van der Waals surface area contributed by atoms with Gasteiger partial charge in [0, 0.05) is 11.8 Å². The number of aromatic nitrogens is 1. The minimum atomic E-state index is 0.880. The molecule has 0 amide bonds. The van der Waals surface area contributed by atoms with Gasteiger partial charge in [0.25, 0.3) is 0 Å². The minimum absolute atomic E-state index is 0.880. The van der Waals surface area contributed by atoms with E-state index < -0.39 is 0 Å². The third-order valence-electron chi connectivity index (χ3n) is 4.53. The number of aryl methyl sites for hydroxylation is 1. The van der Waals surface area contributed by atoms with Crippen LogP contribution in [0.1, 0.15) is 63.9 Å². The summed E-state index contributed by atoms with van der Waals surface area (Å²) in [6.45, 7) is 2.27. The first-order valence-corrected chi connectivity index (χ1v) is 9.43. The van der Waals surface area contributed by atoms with Gasteiger partial charge in [-0.05, 0) is 48.7 Å². The highest BCUT2D eigenvalue weighted by molar-refractivity contribution is 5.60. The van der Waals surface area contributed by atoms with Gasteiger partial charge in [-0.3, -0.25) is 4.98 Å². The van der Waals surface area contributed by atoms with Gasteiger partial charge in [0.05, 0.1) is 12.8 Å². The van der Waals surface area contributed by atoms with Gasteiger partial charge in [-0.25, -0.2) is 0 Å². The second-order valence-electron chi connectivity index (χ2n) is 6.51. The van der Waals surface area contributed by atoms with Crippen molar-refractivity contribution in [1.29, 1.82) is 0 Å². The van der Waals surface area contributed by atoms with Gasteiger partial charge < -0.3 is 4.74 Å². The largest absolute Gasteiger partial charge is 0.497 e. The Kier molecular flexibility index (Phi) is 8.37. The second kappa shape index (κ2) is 10.9. The normalized spacial score (nSPS) is 10.8. The van der Waals surface area contributed by atoms with E-state index in [0.29, 0.717) is 0 Å². The first kappa shape index (κ1) is 18.5. The lowest BCUT2D eigenvalue weighted by molar-refractivity contribution is 0.415. The van der Waals surface area contributed by atoms with E-state index in [-0.39, 0.29) is 0 Å². The van der Waals surface area contributed by atoms with E-state index in [1.54, 1.807) is 7.11 Å². The number of hydrogen-bond donors (Lipinski definition) is 0. The van der Waals surface area contributed by atoms with Gasteiger partial charge in [-0.2, -0.15) is 0 Å². The van der Waals surface area contributed by atoms with Crippen molar-refractivity contribution in [2.45, 2.75) is 64.7 Å². The Balaban J connectivity index is 1.70. The van der Waals surface area contributed by atoms with Gasteiger partial charge >= 0.3 is 0 Å². The molecular weight excluding hydrogens is 294 g/mol. The first-order valence-electron chi connectivity index (χ1n) is 9.43. The molecule has 1 aromatic heterocycles. The Morgan fingerprint density at radius 2 is 1.46 bits per heavy atom. The smallest absolute Gasteiger partial charge is 0.118 e. The summed E-state index contributed by atoms with van der Waals surface area (Å²) < 4.78 is 5.20. The molecule has 0 saturated carbocycles. The molecule has 130 valence electrons. The molecule has 2 heteroatoms. The van der Waals surface area contributed by atoms with Crippen LogP contribution in [0, 0.1) is 0 Å². The van der Waals surface area contributed by atoms with Crippen molar-refractivity contribution >= 4 is 0 Å². The number of ether oxygens (including phenoxy) is 1. The van der Waals surface area contributed by atoms with Gasteiger partial charge in [0.2, 0.25) is 0 Å². The number of methoxy groups -OCH3 is 1. The molecule has 0 N–H and O–H groups in total. The van der Waals surface area contributed by atoms with Gasteiger partial charge in [-0.15, -0.1) is 0 Å². The minimum Gasteiger partial charge on any atom is -0.497 e. The van der Waals surface area contributed by atoms with E-state index >= 15 is 0 Å². The lowest BCUT2D eigenvalue weighted by Crippen LogP contribution is -1.90. The fourth-order valence-corrected chi connectivity index (χ4v) is 2.97. The fraction of sp³-hybridized carbons (Fsp3) is 0.500. The predicted octanol–water partition coefficient (Wildman–Crippen LogP) is 6.44. The Morgan fingerprint density at radius 1 is 0.792 bits per heavy atom. The van der Waals surface area contributed by atoms with Crippen LogP contribution in [-0.4, -0.2) is 12.1 Å². The number of benzene rings is 1. The van der Waals surface area contributed by atoms with Crippen molar-refractivity contribution in [2.75, 3.05) is 7.11 Å². The standard InChI is InChI=1S/C22H31NO/c1-3-4-5-6-7-8-9-10-11-19-12-17-22(23-18-19)20-13-15-21(24-2)16-14-20/h12-18H,3-11H2,1-2H3. The molecule has 0 bridgehead atoms. The lowest BCUT2D eigenvalue weighted by atomic mass is 10.0. The maximum Gasteiger partial charge on any atom is 0.118 e. The third-order valence-corrected chi connectivity index (χ3v) is 4.53. The molecule has 0 spiro atoms. The molecule has 0 fully saturated rings. The lowest BCUT2D eigenvalue weighted by Gasteiger charge is -2.05. The summed E-state index contributed by atoms with van der Waals surface area (Å²) in [4.78, 5) is 4.61. The SMILES string of the molecule is CCCCCCCCCCc1ccc(-c2ccc(OC)cc2)nc1. The van der Waals surface area contributed by atoms with Crippen molar-refractivity contribution in [3.05, 3.63) is 48.2 Å². The molecule has 1 aromatic carbocycles. The van der Waals surface area contributed by atoms with Crippen LogP contribution in [0.2, 0.25) is 0 Å². The van der Waals surface area contributed by atoms with Crippen molar-refractivity contribution in [1.82, 2.24) is 4.98 Å². The molecule has 2 rings (SSSR count). The highest BCUT2D eigenvalue weighted by Gasteiger charge is 2.01. The molecule has 2 aromatic rings. The van der Waals surface area contributed by atoms with Crippen LogP contribution in [0.4, 0.5) is 0 Å². The van der Waals surface area contributed by atoms with Gasteiger partial charge in [-0.1, -0.05) is 57.9 Å². The summed E-state index contributed by atoms with van der Waals surface area (Å²) in [5, 5.41) is 0. The van der Waals surface area contributed by atoms with Crippen LogP contribution >= 0.6 is 0 Å². The Hall–Kier alpha value is -1.83. The highest BCUT2D eigenvalue weighted by atomic mass is 16.5. The van der Waals surface area contributed by atoms with Crippen molar-refractivity contribution < 1.29 is 4.74 Å². The van der Waals surface area contributed by atoms with Crippen LogP contribution < -0.4 is 4.74 Å². The summed E-state index contributed by atoms with van der Waals surface area (Å²) in [7, 11) is 1.69. The number of pyridine rings is 1. The van der Waals surface area contributed by atoms with Crippen molar-refractivity contribution in [3.63, 3.8) is 0 Å². The Labute approximate surface area is 147 Å². The van der Waals surface area contributed by atoms with Crippen LogP contribution in [0.15, 0.2) is 42.6 Å². The predicted molar refractivity (Wildman–Crippen MR) is 103 cm³/mol. The highest BCUT2D eigenvalue weighted by Crippen LogP contribution is 2.21. The Morgan fingerprint density at radius 3 is 2.04 bits per heavy atom. The van der Waals surface area contributed by atoms with Crippen LogP contribution in [-0.2, 0) is 6.42 Å². The maximum absolute atomic E-state index is 5.20. The molecule has 0 saturated heterocycles. The topological polar surface area (TPSA) is 22.1 Å². The molecule has 1 heterocycles. The average Bonchev–Trinajstić information content (AvgIpc) is 2.64. The Bertz CT molecular complexity index is 560. The molecule has 0 radical (unpaired) electrons. The number of hydrogen-bond acceptors (Lipinski definition) is 2. The van der Waals surface area contributed by atoms with E-state index in [1.165, 1.54) is 56.9 Å². The average molecular weight is 325 g/mol. The van der Waals surface area contributed by atoms with E-state index in [9.17, 15) is 0 Å². The van der Waals surface area contributed by atoms with Gasteiger partial charge in [0.15, 0.2) is 0 Å². The molecule has 0 aliphatic carbocycles. The van der Waals surface area contributed by atoms with Gasteiger partial charge in [0.1, 0.15) is 5.75 Å². The monoisotopic (exact) mass is 325 g/mol. The molecule has 0 atom stereocenters. The first-order chi connectivity index (χ1) is 11.8. The third kappa shape index (κ3) is 6.35. The zero-order valence-corrected chi connectivity index (χ0v) is 15.3. The number of nitrogens with zero attached hydrogens (tertiary/aromatic N) is 1. The van der Waals surface area contributed by atoms with Crippen molar-refractivity contribution in [3.8, 4) is 17.0 Å². The van der Waals surface area contributed by atoms with Crippen molar-refractivity contribution in [2.24, 2.45) is 0 Å². The van der Waals surface area contributed by atoms with Crippen LogP contribution in [0.3, 0.4) is 0 Å². The number of unbranched alkanes of at least 4 members (excludes halogenated alkanes) is 7. The second-order valence-corrected chi connectivity index (χ2v) is 6.51. The molecular formula is C22H31NO. The molecule has 0 aliphatic rings. The summed E-state index contributed by atoms with van der Waals surface area (Å²) in [5.74, 6) is 0.880. The zero-order chi connectivity index (χ0) is 17.0. The zero-order valence-electron chi connectivity index (χ0n) is 15.3. The molecule has 2 nitrogen and oxygen atoms in total. The number of rotatable bonds is 11. The fourth-order valence-electron chi connectivity index (χ4n) is 2.97. The summed E-state index contributed by atoms with van der Waals surface area (Å²) in [6.07, 6.45) is 14.1. The van der Waals surface area contributed by atoms with Crippen LogP contribution in [0.5, 0.6) is 5.75 Å².